The summed E-state index contributed by atoms with van der Waals surface area (Å²) >= 11 is 6.24. The van der Waals surface area contributed by atoms with Crippen molar-refractivity contribution in [1.82, 2.24) is 25.3 Å². The minimum Gasteiger partial charge on any atom is -0.406 e. The Labute approximate surface area is 185 Å². The van der Waals surface area contributed by atoms with Crippen molar-refractivity contribution in [2.24, 2.45) is 11.3 Å². The summed E-state index contributed by atoms with van der Waals surface area (Å²) in [6.07, 6.45) is 1.95. The Balaban J connectivity index is 1.67. The maximum Gasteiger partial charge on any atom is 0.312 e. The minimum atomic E-state index is -0.542. The smallest absolute Gasteiger partial charge is 0.312 e. The Bertz CT molecular complexity index is 1080. The van der Waals surface area contributed by atoms with E-state index in [-0.39, 0.29) is 17.8 Å². The number of fused-ring (bicyclic) bond motifs is 1. The fourth-order valence-corrected chi connectivity index (χ4v) is 4.02. The van der Waals surface area contributed by atoms with Crippen LogP contribution in [0.1, 0.15) is 56.0 Å². The molecule has 1 atom stereocenters. The highest BCUT2D eigenvalue weighted by Crippen LogP contribution is 2.33. The summed E-state index contributed by atoms with van der Waals surface area (Å²) in [4.78, 5) is 13.3. The summed E-state index contributed by atoms with van der Waals surface area (Å²) in [7, 11) is 0. The van der Waals surface area contributed by atoms with E-state index in [1.165, 1.54) is 0 Å². The number of anilines is 1. The van der Waals surface area contributed by atoms with Crippen molar-refractivity contribution in [3.63, 3.8) is 0 Å². The minimum absolute atomic E-state index is 0.0449. The number of carbonyl (C=O) groups excluding carboxylic acids is 1. The highest BCUT2D eigenvalue weighted by Gasteiger charge is 2.34. The van der Waals surface area contributed by atoms with E-state index in [1.807, 2.05) is 37.6 Å². The average Bonchev–Trinajstić information content (AvgIpc) is 3.29. The molecule has 0 saturated carbocycles. The monoisotopic (exact) mass is 446 g/mol. The summed E-state index contributed by atoms with van der Waals surface area (Å²) in [6.45, 7) is 8.13. The van der Waals surface area contributed by atoms with Crippen molar-refractivity contribution in [2.45, 2.75) is 46.2 Å². The van der Waals surface area contributed by atoms with Gasteiger partial charge in [-0.3, -0.25) is 9.48 Å². The molecule has 1 aromatic carbocycles. The molecule has 166 valence electrons. The van der Waals surface area contributed by atoms with Crippen LogP contribution >= 0.6 is 11.6 Å². The number of amides is 1. The predicted octanol–water partition coefficient (Wildman–Crippen LogP) is 3.60. The summed E-state index contributed by atoms with van der Waals surface area (Å²) in [5.74, 6) is 0.365. The molecule has 3 aromatic rings. The normalized spacial score (nSPS) is 16.5. The number of hydrogen-bond donors (Lipinski definition) is 2. The van der Waals surface area contributed by atoms with Gasteiger partial charge in [0, 0.05) is 30.2 Å². The van der Waals surface area contributed by atoms with Crippen LogP contribution in [0.2, 0.25) is 5.02 Å². The quantitative estimate of drug-likeness (QED) is 0.614. The highest BCUT2D eigenvalue weighted by molar-refractivity contribution is 6.31. The summed E-state index contributed by atoms with van der Waals surface area (Å²) in [5, 5.41) is 16.6. The van der Waals surface area contributed by atoms with Crippen molar-refractivity contribution in [3.05, 3.63) is 34.8 Å². The molecule has 0 bridgehead atoms. The topological polar surface area (TPSA) is 121 Å². The van der Waals surface area contributed by atoms with E-state index in [4.69, 9.17) is 26.5 Å². The lowest BCUT2D eigenvalue weighted by Gasteiger charge is -2.28. The van der Waals surface area contributed by atoms with Crippen LogP contribution in [-0.4, -0.2) is 39.1 Å². The van der Waals surface area contributed by atoms with Gasteiger partial charge in [-0.1, -0.05) is 37.5 Å². The van der Waals surface area contributed by atoms with Gasteiger partial charge in [-0.2, -0.15) is 5.10 Å². The molecule has 1 aliphatic heterocycles. The van der Waals surface area contributed by atoms with Gasteiger partial charge in [0.2, 0.25) is 5.89 Å². The molecule has 4 rings (SSSR count). The second-order valence-electron chi connectivity index (χ2n) is 9.00. The van der Waals surface area contributed by atoms with Gasteiger partial charge in [-0.25, -0.2) is 0 Å². The van der Waals surface area contributed by atoms with E-state index in [1.54, 1.807) is 6.07 Å². The summed E-state index contributed by atoms with van der Waals surface area (Å²) in [5.41, 5.74) is 6.38. The molecule has 3 N–H and O–H groups in total. The maximum atomic E-state index is 13.3. The third-order valence-corrected chi connectivity index (χ3v) is 5.78. The fraction of sp³-hybridized carbons (Fsp3) is 0.524. The third kappa shape index (κ3) is 4.67. The van der Waals surface area contributed by atoms with E-state index in [2.05, 4.69) is 20.6 Å². The number of aromatic nitrogens is 4. The van der Waals surface area contributed by atoms with Gasteiger partial charge >= 0.3 is 6.01 Å². The number of nitrogens with one attached hydrogen (secondary N) is 1. The lowest BCUT2D eigenvalue weighted by Crippen LogP contribution is -2.37. The number of halogens is 1. The van der Waals surface area contributed by atoms with Crippen LogP contribution in [0.25, 0.3) is 10.9 Å². The number of nitrogen functional groups attached to an aromatic ring is 1. The number of nitrogens with zero attached hydrogens (tertiary/aromatic N) is 4. The Hall–Kier alpha value is -2.65. The second kappa shape index (κ2) is 8.47. The number of benzene rings is 1. The molecular weight excluding hydrogens is 420 g/mol. The average molecular weight is 447 g/mol. The standard InChI is InChI=1S/C21H27ClN6O3/c1-21(2,3)17(19-25-26-20(23)31-19)24-18(29)16-14-10-13(22)4-5-15(14)28(27-16)11-12-6-8-30-9-7-12/h4-5,10,12,17H,6-9,11H2,1-3H3,(H2,23,26)(H,24,29)/t17-/m1/s1. The van der Waals surface area contributed by atoms with Gasteiger partial charge in [0.05, 0.1) is 5.52 Å². The molecule has 0 radical (unpaired) electrons. The van der Waals surface area contributed by atoms with E-state index < -0.39 is 11.5 Å². The molecular formula is C21H27ClN6O3. The molecule has 10 heteroatoms. The van der Waals surface area contributed by atoms with Crippen LogP contribution < -0.4 is 11.1 Å². The lowest BCUT2D eigenvalue weighted by atomic mass is 9.86. The fourth-order valence-electron chi connectivity index (χ4n) is 3.84. The molecule has 1 saturated heterocycles. The van der Waals surface area contributed by atoms with Gasteiger partial charge in [0.25, 0.3) is 5.91 Å². The van der Waals surface area contributed by atoms with Crippen LogP contribution in [0.15, 0.2) is 22.6 Å². The molecule has 31 heavy (non-hydrogen) atoms. The van der Waals surface area contributed by atoms with Gasteiger partial charge in [0.15, 0.2) is 5.69 Å². The van der Waals surface area contributed by atoms with Gasteiger partial charge in [-0.15, -0.1) is 5.10 Å². The zero-order valence-electron chi connectivity index (χ0n) is 17.9. The Morgan fingerprint density at radius 1 is 1.32 bits per heavy atom. The second-order valence-corrected chi connectivity index (χ2v) is 9.44. The molecule has 1 aliphatic rings. The molecule has 0 unspecified atom stereocenters. The third-order valence-electron chi connectivity index (χ3n) is 5.54. The van der Waals surface area contributed by atoms with Crippen molar-refractivity contribution < 1.29 is 13.9 Å². The Kier molecular flexibility index (Phi) is 5.90. The summed E-state index contributed by atoms with van der Waals surface area (Å²) in [6, 6.07) is 4.90. The molecule has 0 aliphatic carbocycles. The van der Waals surface area contributed by atoms with Crippen LogP contribution in [-0.2, 0) is 11.3 Å². The molecule has 1 fully saturated rings. The van der Waals surface area contributed by atoms with Gasteiger partial charge < -0.3 is 20.2 Å². The Morgan fingerprint density at radius 2 is 2.06 bits per heavy atom. The zero-order valence-corrected chi connectivity index (χ0v) is 18.6. The van der Waals surface area contributed by atoms with E-state index in [9.17, 15) is 4.79 Å². The van der Waals surface area contributed by atoms with Gasteiger partial charge in [0.1, 0.15) is 6.04 Å². The maximum absolute atomic E-state index is 13.3. The molecule has 9 nitrogen and oxygen atoms in total. The van der Waals surface area contributed by atoms with Crippen molar-refractivity contribution in [1.29, 1.82) is 0 Å². The van der Waals surface area contributed by atoms with Crippen molar-refractivity contribution in [2.75, 3.05) is 18.9 Å². The van der Waals surface area contributed by atoms with E-state index >= 15 is 0 Å². The molecule has 0 spiro atoms. The first kappa shape index (κ1) is 21.6. The van der Waals surface area contributed by atoms with Crippen LogP contribution in [0.4, 0.5) is 6.01 Å². The first-order valence-corrected chi connectivity index (χ1v) is 10.7. The van der Waals surface area contributed by atoms with Crippen LogP contribution in [0.5, 0.6) is 0 Å². The number of carbonyl (C=O) groups is 1. The Morgan fingerprint density at radius 3 is 2.71 bits per heavy atom. The zero-order chi connectivity index (χ0) is 22.2. The lowest BCUT2D eigenvalue weighted by molar-refractivity contribution is 0.0604. The predicted molar refractivity (Wildman–Crippen MR) is 117 cm³/mol. The van der Waals surface area contributed by atoms with Crippen molar-refractivity contribution in [3.8, 4) is 0 Å². The first-order valence-electron chi connectivity index (χ1n) is 10.4. The molecule has 2 aromatic heterocycles. The largest absolute Gasteiger partial charge is 0.406 e. The van der Waals surface area contributed by atoms with Gasteiger partial charge in [-0.05, 0) is 42.4 Å². The SMILES string of the molecule is CC(C)(C)[C@H](NC(=O)c1nn(CC2CCOCC2)c2ccc(Cl)cc12)c1nnc(N)o1. The number of hydrogen-bond acceptors (Lipinski definition) is 7. The number of ether oxygens (including phenoxy) is 1. The first-order chi connectivity index (χ1) is 14.7. The summed E-state index contributed by atoms with van der Waals surface area (Å²) < 4.78 is 12.8. The number of rotatable bonds is 5. The van der Waals surface area contributed by atoms with E-state index in [0.29, 0.717) is 22.0 Å². The van der Waals surface area contributed by atoms with Crippen LogP contribution in [0.3, 0.4) is 0 Å². The van der Waals surface area contributed by atoms with Crippen LogP contribution in [0, 0.1) is 11.3 Å². The van der Waals surface area contributed by atoms with Crippen molar-refractivity contribution >= 4 is 34.4 Å². The van der Waals surface area contributed by atoms with E-state index in [0.717, 1.165) is 38.1 Å². The number of nitrogens with two attached hydrogens (primary N) is 1. The molecule has 1 amide bonds. The highest BCUT2D eigenvalue weighted by atomic mass is 35.5. The molecule has 3 heterocycles.